The van der Waals surface area contributed by atoms with Gasteiger partial charge in [-0.05, 0) is 28.8 Å². The molecule has 0 amide bonds. The molecule has 0 spiro atoms. The monoisotopic (exact) mass is 328 g/mol. The van der Waals surface area contributed by atoms with Gasteiger partial charge in [0.25, 0.3) is 0 Å². The Bertz CT molecular complexity index is 652. The Morgan fingerprint density at radius 1 is 1.05 bits per heavy atom. The van der Waals surface area contributed by atoms with Crippen LogP contribution < -0.4 is 5.19 Å². The summed E-state index contributed by atoms with van der Waals surface area (Å²) >= 11 is 1.84. The first-order valence-electron chi connectivity index (χ1n) is 7.75. The minimum absolute atomic E-state index is 1.26. The summed E-state index contributed by atoms with van der Waals surface area (Å²) in [6.07, 6.45) is 1.33. The molecule has 1 aromatic carbocycles. The van der Waals surface area contributed by atoms with Crippen molar-refractivity contribution in [2.75, 3.05) is 0 Å². The third kappa shape index (κ3) is 2.63. The first kappa shape index (κ1) is 15.0. The summed E-state index contributed by atoms with van der Waals surface area (Å²) < 4.78 is 0. The van der Waals surface area contributed by atoms with Crippen molar-refractivity contribution in [3.63, 3.8) is 0 Å². The molecule has 0 bridgehead atoms. The van der Waals surface area contributed by atoms with Crippen molar-refractivity contribution in [3.05, 3.63) is 57.9 Å². The van der Waals surface area contributed by atoms with Gasteiger partial charge in [0.15, 0.2) is 0 Å². The summed E-state index contributed by atoms with van der Waals surface area (Å²) in [6, 6.07) is 15.0. The fraction of sp³-hybridized carbons (Fsp3) is 0.333. The van der Waals surface area contributed by atoms with Gasteiger partial charge in [0.05, 0.1) is 8.07 Å². The van der Waals surface area contributed by atoms with Gasteiger partial charge in [-0.15, -0.1) is 0 Å². The van der Waals surface area contributed by atoms with Crippen molar-refractivity contribution >= 4 is 37.9 Å². The lowest BCUT2D eigenvalue weighted by Crippen LogP contribution is -2.44. The maximum Gasteiger partial charge on any atom is 0.107 e. The number of allylic oxidation sites excluding steroid dienone is 1. The molecule has 1 aliphatic rings. The second kappa shape index (κ2) is 5.38. The standard InChI is InChI=1S/C18H24SSi2/c1-20(2)13-11-17(18(20)15-10-12-19-14-15)21(3,4)16-8-6-5-7-9-16/h5-10,12,14H,11,13H2,1-4H3. The molecule has 0 atom stereocenters. The molecule has 0 nitrogen and oxygen atoms in total. The molecule has 1 aromatic heterocycles. The van der Waals surface area contributed by atoms with E-state index in [1.165, 1.54) is 18.0 Å². The first-order chi connectivity index (χ1) is 9.93. The molecular formula is C18H24SSi2. The lowest BCUT2D eigenvalue weighted by atomic mass is 10.3. The number of thiophene rings is 1. The van der Waals surface area contributed by atoms with Crippen LogP contribution in [-0.2, 0) is 0 Å². The molecule has 110 valence electrons. The van der Waals surface area contributed by atoms with Crippen LogP contribution in [0.5, 0.6) is 0 Å². The summed E-state index contributed by atoms with van der Waals surface area (Å²) in [4.78, 5) is 0. The van der Waals surface area contributed by atoms with E-state index in [-0.39, 0.29) is 0 Å². The predicted molar refractivity (Wildman–Crippen MR) is 102 cm³/mol. The Labute approximate surface area is 134 Å². The smallest absolute Gasteiger partial charge is 0.107 e. The van der Waals surface area contributed by atoms with E-state index >= 15 is 0 Å². The maximum absolute atomic E-state index is 2.56. The zero-order valence-corrected chi connectivity index (χ0v) is 16.3. The van der Waals surface area contributed by atoms with Gasteiger partial charge in [-0.3, -0.25) is 0 Å². The molecule has 0 fully saturated rings. The highest BCUT2D eigenvalue weighted by molar-refractivity contribution is 7.09. The zero-order valence-electron chi connectivity index (χ0n) is 13.4. The maximum atomic E-state index is 2.56. The molecule has 0 N–H and O–H groups in total. The van der Waals surface area contributed by atoms with Crippen LogP contribution in [0.15, 0.2) is 52.4 Å². The Morgan fingerprint density at radius 2 is 1.76 bits per heavy atom. The van der Waals surface area contributed by atoms with Crippen molar-refractivity contribution in [2.24, 2.45) is 0 Å². The Balaban J connectivity index is 2.17. The highest BCUT2D eigenvalue weighted by Gasteiger charge is 2.42. The van der Waals surface area contributed by atoms with Gasteiger partial charge in [-0.1, -0.05) is 78.1 Å². The van der Waals surface area contributed by atoms with Crippen molar-refractivity contribution < 1.29 is 0 Å². The molecule has 2 heterocycles. The molecule has 3 rings (SSSR count). The van der Waals surface area contributed by atoms with Gasteiger partial charge >= 0.3 is 0 Å². The third-order valence-electron chi connectivity index (χ3n) is 5.04. The summed E-state index contributed by atoms with van der Waals surface area (Å²) in [6.45, 7) is 10.2. The molecule has 0 unspecified atom stereocenters. The van der Waals surface area contributed by atoms with Crippen molar-refractivity contribution in [1.82, 2.24) is 0 Å². The van der Waals surface area contributed by atoms with Crippen LogP contribution in [-0.4, -0.2) is 16.1 Å². The summed E-state index contributed by atoms with van der Waals surface area (Å²) in [7, 11) is -2.79. The summed E-state index contributed by atoms with van der Waals surface area (Å²) in [5.41, 5.74) is 1.53. The van der Waals surface area contributed by atoms with E-state index in [1.807, 2.05) is 16.5 Å². The Morgan fingerprint density at radius 3 is 2.38 bits per heavy atom. The molecule has 3 heteroatoms. The molecular weight excluding hydrogens is 304 g/mol. The summed E-state index contributed by atoms with van der Waals surface area (Å²) in [5.74, 6) is 0. The third-order valence-corrected chi connectivity index (χ3v) is 13.2. The fourth-order valence-corrected chi connectivity index (χ4v) is 12.6. The van der Waals surface area contributed by atoms with Gasteiger partial charge in [0.1, 0.15) is 8.07 Å². The molecule has 0 saturated heterocycles. The van der Waals surface area contributed by atoms with Gasteiger partial charge in [-0.2, -0.15) is 11.3 Å². The van der Waals surface area contributed by atoms with Crippen LogP contribution in [0.3, 0.4) is 0 Å². The Kier molecular flexibility index (Phi) is 3.84. The molecule has 1 aliphatic heterocycles. The number of rotatable bonds is 3. The van der Waals surface area contributed by atoms with E-state index < -0.39 is 16.1 Å². The second-order valence-electron chi connectivity index (χ2n) is 7.24. The minimum atomic E-state index is -1.54. The highest BCUT2D eigenvalue weighted by Crippen LogP contribution is 2.45. The van der Waals surface area contributed by atoms with E-state index in [2.05, 4.69) is 73.3 Å². The largest absolute Gasteiger partial charge is 0.152 e. The Hall–Kier alpha value is -0.906. The number of hydrogen-bond donors (Lipinski definition) is 0. The minimum Gasteiger partial charge on any atom is -0.152 e. The topological polar surface area (TPSA) is 0 Å². The van der Waals surface area contributed by atoms with E-state index in [9.17, 15) is 0 Å². The van der Waals surface area contributed by atoms with Crippen LogP contribution in [0.25, 0.3) is 5.20 Å². The van der Waals surface area contributed by atoms with Crippen molar-refractivity contribution in [3.8, 4) is 0 Å². The number of hydrogen-bond acceptors (Lipinski definition) is 1. The lowest BCUT2D eigenvalue weighted by molar-refractivity contribution is 1.17. The van der Waals surface area contributed by atoms with Crippen molar-refractivity contribution in [2.45, 2.75) is 38.7 Å². The molecule has 0 radical (unpaired) electrons. The van der Waals surface area contributed by atoms with E-state index in [4.69, 9.17) is 0 Å². The SMILES string of the molecule is C[Si]1(C)CCC([Si](C)(C)c2ccccc2)=C1c1ccsc1. The van der Waals surface area contributed by atoms with Crippen LogP contribution in [0.4, 0.5) is 0 Å². The van der Waals surface area contributed by atoms with Crippen LogP contribution in [0, 0.1) is 0 Å². The molecule has 0 saturated carbocycles. The fourth-order valence-electron chi connectivity index (χ4n) is 3.72. The van der Waals surface area contributed by atoms with Crippen LogP contribution in [0.2, 0.25) is 32.2 Å². The second-order valence-corrected chi connectivity index (χ2v) is 17.2. The first-order valence-corrected chi connectivity index (χ1v) is 14.9. The molecule has 2 aromatic rings. The van der Waals surface area contributed by atoms with E-state index in [1.54, 1.807) is 10.4 Å². The van der Waals surface area contributed by atoms with Crippen LogP contribution in [0.1, 0.15) is 12.0 Å². The zero-order chi connectivity index (χ0) is 15.1. The predicted octanol–water partition coefficient (Wildman–Crippen LogP) is 5.31. The quantitative estimate of drug-likeness (QED) is 0.670. The van der Waals surface area contributed by atoms with Crippen molar-refractivity contribution in [1.29, 1.82) is 0 Å². The van der Waals surface area contributed by atoms with E-state index in [0.717, 1.165) is 0 Å². The number of benzene rings is 1. The van der Waals surface area contributed by atoms with Gasteiger partial charge in [-0.25, -0.2) is 0 Å². The normalized spacial score (nSPS) is 18.3. The van der Waals surface area contributed by atoms with Gasteiger partial charge in [0.2, 0.25) is 0 Å². The highest BCUT2D eigenvalue weighted by atomic mass is 32.1. The van der Waals surface area contributed by atoms with Gasteiger partial charge in [0, 0.05) is 0 Å². The average molecular weight is 329 g/mol. The average Bonchev–Trinajstić information content (AvgIpc) is 3.06. The van der Waals surface area contributed by atoms with Gasteiger partial charge < -0.3 is 0 Å². The lowest BCUT2D eigenvalue weighted by Gasteiger charge is -2.28. The molecule has 0 aliphatic carbocycles. The van der Waals surface area contributed by atoms with Crippen LogP contribution >= 0.6 is 11.3 Å². The van der Waals surface area contributed by atoms with E-state index in [0.29, 0.717) is 0 Å². The summed E-state index contributed by atoms with van der Waals surface area (Å²) in [5, 5.41) is 9.79. The molecule has 21 heavy (non-hydrogen) atoms.